The smallest absolute Gasteiger partial charge is 0.321 e. The van der Waals surface area contributed by atoms with E-state index in [2.05, 4.69) is 5.32 Å². The Morgan fingerprint density at radius 1 is 1.00 bits per heavy atom. The molecular weight excluding hydrogens is 433 g/mol. The van der Waals surface area contributed by atoms with Crippen molar-refractivity contribution in [1.29, 1.82) is 0 Å². The highest BCUT2D eigenvalue weighted by molar-refractivity contribution is 7.12. The number of hydrogen-bond acceptors (Lipinski definition) is 4. The first kappa shape index (κ1) is 22.6. The van der Waals surface area contributed by atoms with Gasteiger partial charge in [0.25, 0.3) is 11.6 Å². The van der Waals surface area contributed by atoms with Crippen molar-refractivity contribution in [3.05, 3.63) is 55.3 Å². The number of nitrogens with one attached hydrogen (secondary N) is 1. The number of halogens is 7. The molecule has 2 rings (SSSR count). The number of carbonyl (C=O) groups is 1. The molecule has 0 saturated heterocycles. The summed E-state index contributed by atoms with van der Waals surface area (Å²) in [5, 5.41) is 14.0. The Kier molecular flexibility index (Phi) is 5.67. The van der Waals surface area contributed by atoms with Crippen LogP contribution >= 0.6 is 11.3 Å². The highest BCUT2D eigenvalue weighted by Crippen LogP contribution is 2.53. The molecule has 0 spiro atoms. The number of rotatable bonds is 4. The van der Waals surface area contributed by atoms with Gasteiger partial charge in [-0.1, -0.05) is 12.1 Å². The van der Waals surface area contributed by atoms with Gasteiger partial charge in [-0.3, -0.25) is 14.9 Å². The molecule has 2 aromatic rings. The SMILES string of the molecule is Cc1cc(C(F)(C(F)(F)F)C(F)(F)F)cc(C)c1NC(=O)c1cc([N+](=O)[O-])cs1. The monoisotopic (exact) mass is 444 g/mol. The Morgan fingerprint density at radius 2 is 1.48 bits per heavy atom. The molecule has 1 N–H and O–H groups in total. The maximum absolute atomic E-state index is 14.2. The first-order valence-electron chi connectivity index (χ1n) is 7.58. The number of benzene rings is 1. The molecule has 5 nitrogen and oxygen atoms in total. The van der Waals surface area contributed by atoms with E-state index in [1.807, 2.05) is 0 Å². The van der Waals surface area contributed by atoms with E-state index in [-0.39, 0.29) is 27.4 Å². The molecule has 29 heavy (non-hydrogen) atoms. The number of nitrogens with zero attached hydrogens (tertiary/aromatic N) is 1. The van der Waals surface area contributed by atoms with Crippen LogP contribution in [0.3, 0.4) is 0 Å². The number of thiophene rings is 1. The molecule has 0 aliphatic rings. The fourth-order valence-electron chi connectivity index (χ4n) is 2.56. The highest BCUT2D eigenvalue weighted by Gasteiger charge is 2.73. The average Bonchev–Trinajstić information content (AvgIpc) is 3.05. The van der Waals surface area contributed by atoms with Crippen LogP contribution in [0.25, 0.3) is 0 Å². The van der Waals surface area contributed by atoms with E-state index in [0.717, 1.165) is 36.6 Å². The summed E-state index contributed by atoms with van der Waals surface area (Å²) in [5.41, 5.74) is -8.27. The van der Waals surface area contributed by atoms with Crippen molar-refractivity contribution in [2.24, 2.45) is 0 Å². The molecule has 0 atom stereocenters. The van der Waals surface area contributed by atoms with Crippen LogP contribution in [0, 0.1) is 24.0 Å². The van der Waals surface area contributed by atoms with Crippen molar-refractivity contribution in [1.82, 2.24) is 0 Å². The molecule has 1 amide bonds. The zero-order valence-electron chi connectivity index (χ0n) is 14.5. The van der Waals surface area contributed by atoms with E-state index in [1.165, 1.54) is 0 Å². The van der Waals surface area contributed by atoms with E-state index in [4.69, 9.17) is 0 Å². The second-order valence-electron chi connectivity index (χ2n) is 6.02. The fraction of sp³-hybridized carbons (Fsp3) is 0.312. The number of anilines is 1. The molecule has 1 heterocycles. The lowest BCUT2D eigenvalue weighted by Crippen LogP contribution is -2.50. The van der Waals surface area contributed by atoms with Crippen LogP contribution in [-0.2, 0) is 5.67 Å². The zero-order chi connectivity index (χ0) is 22.4. The Hall–Kier alpha value is -2.70. The number of amides is 1. The number of aryl methyl sites for hydroxylation is 2. The van der Waals surface area contributed by atoms with Gasteiger partial charge in [0, 0.05) is 17.3 Å². The minimum atomic E-state index is -6.26. The number of carbonyl (C=O) groups excluding carboxylic acids is 1. The van der Waals surface area contributed by atoms with Crippen LogP contribution in [0.4, 0.5) is 42.1 Å². The molecule has 1 aromatic carbocycles. The second-order valence-corrected chi connectivity index (χ2v) is 6.93. The molecule has 1 aromatic heterocycles. The van der Waals surface area contributed by atoms with Crippen molar-refractivity contribution < 1.29 is 40.5 Å². The average molecular weight is 444 g/mol. The van der Waals surface area contributed by atoms with Gasteiger partial charge < -0.3 is 5.32 Å². The first-order valence-corrected chi connectivity index (χ1v) is 8.46. The molecule has 158 valence electrons. The summed E-state index contributed by atoms with van der Waals surface area (Å²) in [4.78, 5) is 22.0. The van der Waals surface area contributed by atoms with Crippen LogP contribution in [0.2, 0.25) is 0 Å². The second kappa shape index (κ2) is 7.28. The van der Waals surface area contributed by atoms with Gasteiger partial charge in [-0.25, -0.2) is 4.39 Å². The fourth-order valence-corrected chi connectivity index (χ4v) is 3.31. The largest absolute Gasteiger partial charge is 0.435 e. The summed E-state index contributed by atoms with van der Waals surface area (Å²) in [6.45, 7) is 2.19. The highest BCUT2D eigenvalue weighted by atomic mass is 32.1. The van der Waals surface area contributed by atoms with Crippen LogP contribution in [0.1, 0.15) is 26.4 Å². The summed E-state index contributed by atoms with van der Waals surface area (Å²) in [6.07, 6.45) is -12.5. The molecule has 13 heteroatoms. The van der Waals surface area contributed by atoms with Gasteiger partial charge in [-0.15, -0.1) is 11.3 Å². The third-order valence-electron chi connectivity index (χ3n) is 3.97. The van der Waals surface area contributed by atoms with Gasteiger partial charge in [0.2, 0.25) is 0 Å². The molecule has 0 bridgehead atoms. The summed E-state index contributed by atoms with van der Waals surface area (Å²) < 4.78 is 91.8. The van der Waals surface area contributed by atoms with E-state index in [9.17, 15) is 45.6 Å². The lowest BCUT2D eigenvalue weighted by atomic mass is 9.90. The summed E-state index contributed by atoms with van der Waals surface area (Å²) in [7, 11) is 0. The molecule has 0 radical (unpaired) electrons. The van der Waals surface area contributed by atoms with Gasteiger partial charge in [0.15, 0.2) is 0 Å². The van der Waals surface area contributed by atoms with Gasteiger partial charge in [0.05, 0.1) is 15.2 Å². The molecule has 0 aliphatic carbocycles. The molecule has 0 aliphatic heterocycles. The summed E-state index contributed by atoms with van der Waals surface area (Å²) >= 11 is 0.720. The quantitative estimate of drug-likeness (QED) is 0.367. The van der Waals surface area contributed by atoms with E-state index < -0.39 is 34.4 Å². The minimum Gasteiger partial charge on any atom is -0.321 e. The molecule has 0 unspecified atom stereocenters. The van der Waals surface area contributed by atoms with Crippen molar-refractivity contribution >= 4 is 28.6 Å². The first-order chi connectivity index (χ1) is 13.1. The molecular formula is C16H11F7N2O3S. The number of hydrogen-bond donors (Lipinski definition) is 1. The van der Waals surface area contributed by atoms with Gasteiger partial charge in [-0.2, -0.15) is 26.3 Å². The van der Waals surface area contributed by atoms with E-state index in [0.29, 0.717) is 12.1 Å². The topological polar surface area (TPSA) is 72.2 Å². The lowest BCUT2D eigenvalue weighted by Gasteiger charge is -2.31. The van der Waals surface area contributed by atoms with Crippen molar-refractivity contribution in [3.63, 3.8) is 0 Å². The third kappa shape index (κ3) is 4.04. The maximum Gasteiger partial charge on any atom is 0.435 e. The standard InChI is InChI=1S/C16H11F7N2O3S/c1-7-3-9(14(17,15(18,19)20)16(21,22)23)4-8(2)12(7)24-13(26)11-5-10(6-29-11)25(27)28/h3-6H,1-2H3,(H,24,26). The van der Waals surface area contributed by atoms with Gasteiger partial charge in [0.1, 0.15) is 0 Å². The summed E-state index contributed by atoms with van der Waals surface area (Å²) in [5.74, 6) is -0.861. The van der Waals surface area contributed by atoms with E-state index >= 15 is 0 Å². The van der Waals surface area contributed by atoms with Crippen molar-refractivity contribution in [2.45, 2.75) is 31.9 Å². The predicted octanol–water partition coefficient (Wildman–Crippen LogP) is 5.81. The Labute approximate surface area is 162 Å². The summed E-state index contributed by atoms with van der Waals surface area (Å²) in [6, 6.07) is 1.65. The van der Waals surface area contributed by atoms with Crippen LogP contribution in [0.15, 0.2) is 23.6 Å². The Morgan fingerprint density at radius 3 is 1.86 bits per heavy atom. The number of nitro groups is 1. The lowest BCUT2D eigenvalue weighted by molar-refractivity contribution is -0.384. The zero-order valence-corrected chi connectivity index (χ0v) is 15.4. The molecule has 0 saturated carbocycles. The van der Waals surface area contributed by atoms with Gasteiger partial charge >= 0.3 is 18.0 Å². The predicted molar refractivity (Wildman–Crippen MR) is 89.7 cm³/mol. The van der Waals surface area contributed by atoms with Crippen molar-refractivity contribution in [3.8, 4) is 0 Å². The normalized spacial score (nSPS) is 12.7. The van der Waals surface area contributed by atoms with Gasteiger partial charge in [-0.05, 0) is 25.0 Å². The number of alkyl halides is 7. The molecule has 0 fully saturated rings. The van der Waals surface area contributed by atoms with Crippen LogP contribution in [0.5, 0.6) is 0 Å². The van der Waals surface area contributed by atoms with Crippen molar-refractivity contribution in [2.75, 3.05) is 5.32 Å². The third-order valence-corrected chi connectivity index (χ3v) is 4.89. The van der Waals surface area contributed by atoms with E-state index in [1.54, 1.807) is 0 Å². The Balaban J connectivity index is 2.45. The Bertz CT molecular complexity index is 929. The minimum absolute atomic E-state index is 0.106. The maximum atomic E-state index is 14.2. The van der Waals surface area contributed by atoms with Crippen LogP contribution in [-0.4, -0.2) is 23.2 Å². The van der Waals surface area contributed by atoms with Crippen LogP contribution < -0.4 is 5.32 Å².